The molecule has 0 saturated heterocycles. The molecule has 36 heavy (non-hydrogen) atoms. The Morgan fingerprint density at radius 3 is 2.39 bits per heavy atom. The average molecular weight is 517 g/mol. The number of rotatable bonds is 5. The van der Waals surface area contributed by atoms with Crippen molar-refractivity contribution in [2.24, 2.45) is 0 Å². The Balaban J connectivity index is 1.45. The third-order valence-electron chi connectivity index (χ3n) is 5.93. The van der Waals surface area contributed by atoms with E-state index in [0.717, 1.165) is 17.7 Å². The molecular formula is C24H18F3N3O5S. The molecule has 1 aliphatic heterocycles. The normalized spacial score (nSPS) is 13.6. The smallest absolute Gasteiger partial charge is 0.439 e. The van der Waals surface area contributed by atoms with Crippen LogP contribution in [0.25, 0.3) is 22.5 Å². The molecule has 0 aliphatic carbocycles. The van der Waals surface area contributed by atoms with Crippen LogP contribution in [-0.4, -0.2) is 32.2 Å². The second-order valence-corrected chi connectivity index (χ2v) is 9.91. The summed E-state index contributed by atoms with van der Waals surface area (Å²) in [5.41, 5.74) is 1.99. The summed E-state index contributed by atoms with van der Waals surface area (Å²) < 4.78 is 76.9. The van der Waals surface area contributed by atoms with Crippen LogP contribution in [0.1, 0.15) is 11.1 Å². The van der Waals surface area contributed by atoms with Crippen LogP contribution in [0.15, 0.2) is 74.9 Å². The van der Waals surface area contributed by atoms with Crippen LogP contribution >= 0.6 is 0 Å². The van der Waals surface area contributed by atoms with E-state index in [0.29, 0.717) is 28.8 Å². The van der Waals surface area contributed by atoms with Gasteiger partial charge in [-0.3, -0.25) is 13.8 Å². The third kappa shape index (κ3) is 4.13. The van der Waals surface area contributed by atoms with Gasteiger partial charge in [0.15, 0.2) is 5.82 Å². The highest BCUT2D eigenvalue weighted by atomic mass is 32.2. The van der Waals surface area contributed by atoms with Gasteiger partial charge in [0.25, 0.3) is 10.0 Å². The number of nitrogens with zero attached hydrogens (tertiary/aromatic N) is 2. The zero-order valence-electron chi connectivity index (χ0n) is 18.7. The zero-order valence-corrected chi connectivity index (χ0v) is 19.5. The van der Waals surface area contributed by atoms with Crippen molar-refractivity contribution < 1.29 is 30.8 Å². The molecular weight excluding hydrogens is 499 g/mol. The molecule has 5 rings (SSSR count). The van der Waals surface area contributed by atoms with Gasteiger partial charge < -0.3 is 4.74 Å². The molecule has 0 saturated carbocycles. The number of hydrogen-bond acceptors (Lipinski definition) is 6. The highest BCUT2D eigenvalue weighted by molar-refractivity contribution is 7.92. The number of alkyl halides is 3. The van der Waals surface area contributed by atoms with E-state index >= 15 is 0 Å². The quantitative estimate of drug-likeness (QED) is 0.419. The van der Waals surface area contributed by atoms with Crippen LogP contribution in [0.4, 0.5) is 18.9 Å². The van der Waals surface area contributed by atoms with Gasteiger partial charge in [-0.15, -0.1) is 0 Å². The second kappa shape index (κ2) is 8.55. The van der Waals surface area contributed by atoms with E-state index in [1.807, 2.05) is 0 Å². The first kappa shape index (κ1) is 23.7. The predicted octanol–water partition coefficient (Wildman–Crippen LogP) is 4.48. The van der Waals surface area contributed by atoms with E-state index < -0.39 is 27.5 Å². The van der Waals surface area contributed by atoms with Crippen molar-refractivity contribution in [3.63, 3.8) is 0 Å². The monoisotopic (exact) mass is 517 g/mol. The molecule has 0 fully saturated rings. The fraction of sp³-hybridized carbons (Fsp3) is 0.167. The topological polar surface area (TPSA) is 106 Å². The molecule has 1 aliphatic rings. The molecule has 0 unspecified atom stereocenters. The van der Waals surface area contributed by atoms with Gasteiger partial charge in [-0.05, 0) is 66.1 Å². The Morgan fingerprint density at radius 2 is 1.75 bits per heavy atom. The van der Waals surface area contributed by atoms with Crippen molar-refractivity contribution in [2.45, 2.75) is 17.5 Å². The number of halogens is 3. The standard InChI is InChI=1S/C24H18F3N3O5S/c1-34-21-13-17(24(25,26)27)5-8-19(21)15-4-9-20-16(12-15)10-11-30(20)36(32,33)18-6-2-14(3-7-18)22-28-23(31)35-29-22/h2-9,12-13H,10-11H2,1H3,(H,28,29,31). The Hall–Kier alpha value is -4.06. The molecule has 0 atom stereocenters. The summed E-state index contributed by atoms with van der Waals surface area (Å²) in [6.45, 7) is 0.212. The maximum Gasteiger partial charge on any atom is 0.439 e. The predicted molar refractivity (Wildman–Crippen MR) is 124 cm³/mol. The van der Waals surface area contributed by atoms with Crippen molar-refractivity contribution in [1.82, 2.24) is 10.1 Å². The van der Waals surface area contributed by atoms with E-state index in [-0.39, 0.29) is 23.0 Å². The number of methoxy groups -OCH3 is 1. The molecule has 1 N–H and O–H groups in total. The molecule has 186 valence electrons. The van der Waals surface area contributed by atoms with E-state index in [1.165, 1.54) is 41.7 Å². The summed E-state index contributed by atoms with van der Waals surface area (Å²) in [5.74, 6) is -0.467. The summed E-state index contributed by atoms with van der Waals surface area (Å²) in [6.07, 6.45) is -4.06. The molecule has 1 aromatic heterocycles. The highest BCUT2D eigenvalue weighted by Crippen LogP contribution is 2.40. The van der Waals surface area contributed by atoms with Crippen LogP contribution < -0.4 is 14.8 Å². The minimum Gasteiger partial charge on any atom is -0.496 e. The van der Waals surface area contributed by atoms with E-state index in [9.17, 15) is 26.4 Å². The fourth-order valence-electron chi connectivity index (χ4n) is 4.16. The van der Waals surface area contributed by atoms with Crippen molar-refractivity contribution in [2.75, 3.05) is 18.0 Å². The molecule has 0 bridgehead atoms. The number of anilines is 1. The van der Waals surface area contributed by atoms with Gasteiger partial charge in [-0.2, -0.15) is 13.2 Å². The molecule has 0 spiro atoms. The van der Waals surface area contributed by atoms with E-state index in [1.54, 1.807) is 18.2 Å². The van der Waals surface area contributed by atoms with Crippen LogP contribution in [0.3, 0.4) is 0 Å². The van der Waals surface area contributed by atoms with Crippen LogP contribution in [0.5, 0.6) is 5.75 Å². The number of ether oxygens (including phenoxy) is 1. The average Bonchev–Trinajstić information content (AvgIpc) is 3.49. The summed E-state index contributed by atoms with van der Waals surface area (Å²) in [5, 5.41) is 3.58. The number of aromatic amines is 1. The minimum atomic E-state index is -4.50. The van der Waals surface area contributed by atoms with Crippen molar-refractivity contribution in [1.29, 1.82) is 0 Å². The molecule has 0 amide bonds. The van der Waals surface area contributed by atoms with Crippen LogP contribution in [-0.2, 0) is 22.6 Å². The van der Waals surface area contributed by atoms with Gasteiger partial charge in [-0.1, -0.05) is 17.3 Å². The lowest BCUT2D eigenvalue weighted by molar-refractivity contribution is -0.137. The number of sulfonamides is 1. The second-order valence-electron chi connectivity index (χ2n) is 8.05. The number of hydrogen-bond donors (Lipinski definition) is 1. The largest absolute Gasteiger partial charge is 0.496 e. The van der Waals surface area contributed by atoms with Gasteiger partial charge in [-0.25, -0.2) is 13.2 Å². The summed E-state index contributed by atoms with van der Waals surface area (Å²) >= 11 is 0. The first-order valence-electron chi connectivity index (χ1n) is 10.7. The van der Waals surface area contributed by atoms with Crippen molar-refractivity contribution >= 4 is 15.7 Å². The maximum atomic E-state index is 13.3. The number of H-pyrrole nitrogens is 1. The molecule has 4 aromatic rings. The Bertz CT molecular complexity index is 1610. The Labute approximate surface area is 203 Å². The first-order valence-corrected chi connectivity index (χ1v) is 12.1. The lowest BCUT2D eigenvalue weighted by atomic mass is 9.99. The number of benzene rings is 3. The lowest BCUT2D eigenvalue weighted by Gasteiger charge is -2.20. The minimum absolute atomic E-state index is 0.0541. The van der Waals surface area contributed by atoms with Gasteiger partial charge >= 0.3 is 11.9 Å². The number of aromatic nitrogens is 2. The van der Waals surface area contributed by atoms with Crippen LogP contribution in [0.2, 0.25) is 0 Å². The Kier molecular flexibility index (Phi) is 5.62. The lowest BCUT2D eigenvalue weighted by Crippen LogP contribution is -2.29. The first-order chi connectivity index (χ1) is 17.1. The van der Waals surface area contributed by atoms with Gasteiger partial charge in [0, 0.05) is 17.7 Å². The van der Waals surface area contributed by atoms with E-state index in [4.69, 9.17) is 4.74 Å². The number of fused-ring (bicyclic) bond motifs is 1. The SMILES string of the molecule is COc1cc(C(F)(F)F)ccc1-c1ccc2c(c1)CCN2S(=O)(=O)c1ccc(-c2noc(=O)[nH]2)cc1. The van der Waals surface area contributed by atoms with Gasteiger partial charge in [0.1, 0.15) is 5.75 Å². The Morgan fingerprint density at radius 1 is 1.03 bits per heavy atom. The molecule has 3 aromatic carbocycles. The number of nitrogens with one attached hydrogen (secondary N) is 1. The third-order valence-corrected chi connectivity index (χ3v) is 7.76. The molecule has 2 heterocycles. The van der Waals surface area contributed by atoms with Crippen molar-refractivity contribution in [3.8, 4) is 28.3 Å². The van der Waals surface area contributed by atoms with Crippen LogP contribution in [0, 0.1) is 0 Å². The molecule has 12 heteroatoms. The van der Waals surface area contributed by atoms with E-state index in [2.05, 4.69) is 14.7 Å². The highest BCUT2D eigenvalue weighted by Gasteiger charge is 2.33. The van der Waals surface area contributed by atoms with Gasteiger partial charge in [0.2, 0.25) is 0 Å². The molecule has 0 radical (unpaired) electrons. The summed E-state index contributed by atoms with van der Waals surface area (Å²) in [4.78, 5) is 13.6. The summed E-state index contributed by atoms with van der Waals surface area (Å²) in [7, 11) is -2.59. The van der Waals surface area contributed by atoms with Gasteiger partial charge in [0.05, 0.1) is 23.3 Å². The van der Waals surface area contributed by atoms with Crippen molar-refractivity contribution in [3.05, 3.63) is 82.3 Å². The zero-order chi connectivity index (χ0) is 25.7. The fourth-order valence-corrected chi connectivity index (χ4v) is 5.66. The summed E-state index contributed by atoms with van der Waals surface area (Å²) in [6, 6.07) is 14.2. The molecule has 8 nitrogen and oxygen atoms in total. The maximum absolute atomic E-state index is 13.3.